The molecular weight excluding hydrogens is 472 g/mol. The van der Waals surface area contributed by atoms with Crippen molar-refractivity contribution in [3.63, 3.8) is 0 Å². The Kier molecular flexibility index (Phi) is 5.34. The summed E-state index contributed by atoms with van der Waals surface area (Å²) in [5.41, 5.74) is 2.61. The number of hydrogen-bond donors (Lipinski definition) is 0. The van der Waals surface area contributed by atoms with E-state index in [1.807, 2.05) is 18.2 Å². The molecule has 0 bridgehead atoms. The van der Waals surface area contributed by atoms with Crippen molar-refractivity contribution in [2.24, 2.45) is 5.10 Å². The summed E-state index contributed by atoms with van der Waals surface area (Å²) < 4.78 is 7.02. The molecule has 9 heteroatoms. The van der Waals surface area contributed by atoms with Gasteiger partial charge in [-0.05, 0) is 61.1 Å². The predicted molar refractivity (Wildman–Crippen MR) is 131 cm³/mol. The van der Waals surface area contributed by atoms with Crippen LogP contribution in [0, 0.1) is 0 Å². The van der Waals surface area contributed by atoms with Crippen LogP contribution < -0.4 is 5.56 Å². The van der Waals surface area contributed by atoms with Crippen LogP contribution in [0.25, 0.3) is 10.2 Å². The molecule has 1 amide bonds. The summed E-state index contributed by atoms with van der Waals surface area (Å²) in [6, 6.07) is 10.6. The molecule has 1 aliphatic heterocycles. The van der Waals surface area contributed by atoms with Gasteiger partial charge in [0.15, 0.2) is 0 Å². The molecule has 1 aliphatic carbocycles. The molecule has 4 heterocycles. The molecule has 3 aromatic heterocycles. The van der Waals surface area contributed by atoms with Gasteiger partial charge in [0.2, 0.25) is 0 Å². The van der Waals surface area contributed by atoms with Crippen molar-refractivity contribution in [2.75, 3.05) is 0 Å². The summed E-state index contributed by atoms with van der Waals surface area (Å²) in [6.07, 6.45) is 7.68. The Labute approximate surface area is 204 Å². The average molecular weight is 493 g/mol. The van der Waals surface area contributed by atoms with Gasteiger partial charge in [0.25, 0.3) is 11.5 Å². The van der Waals surface area contributed by atoms with E-state index in [9.17, 15) is 9.59 Å². The first-order chi connectivity index (χ1) is 16.6. The number of fused-ring (bicyclic) bond motifs is 3. The smallest absolute Gasteiger partial charge is 0.263 e. The van der Waals surface area contributed by atoms with E-state index in [0.29, 0.717) is 22.6 Å². The SMILES string of the molecule is O=C(Cn1cnc2sc3c(c2c1=O)CCCC3)N1N=C(c2ccc(Cl)cc2)CC1c1ccco1. The molecule has 4 aromatic rings. The Balaban J connectivity index is 1.34. The maximum Gasteiger partial charge on any atom is 0.263 e. The van der Waals surface area contributed by atoms with Gasteiger partial charge in [-0.3, -0.25) is 14.2 Å². The molecule has 2 aliphatic rings. The molecular formula is C25H21ClN4O3S. The normalized spacial score (nSPS) is 17.7. The lowest BCUT2D eigenvalue weighted by Crippen LogP contribution is -2.34. The van der Waals surface area contributed by atoms with E-state index in [-0.39, 0.29) is 24.1 Å². The van der Waals surface area contributed by atoms with Crippen molar-refractivity contribution in [1.82, 2.24) is 14.6 Å². The van der Waals surface area contributed by atoms with Crippen molar-refractivity contribution < 1.29 is 9.21 Å². The van der Waals surface area contributed by atoms with Gasteiger partial charge in [0.05, 0.1) is 23.7 Å². The number of thiophene rings is 1. The van der Waals surface area contributed by atoms with E-state index >= 15 is 0 Å². The van der Waals surface area contributed by atoms with Crippen molar-refractivity contribution in [2.45, 2.75) is 44.7 Å². The number of carbonyl (C=O) groups excluding carboxylic acids is 1. The van der Waals surface area contributed by atoms with Gasteiger partial charge in [-0.2, -0.15) is 5.10 Å². The second-order valence-corrected chi connectivity index (χ2v) is 10.1. The second-order valence-electron chi connectivity index (χ2n) is 8.60. The molecule has 172 valence electrons. The summed E-state index contributed by atoms with van der Waals surface area (Å²) in [6.45, 7) is -0.138. The first kappa shape index (κ1) is 21.3. The van der Waals surface area contributed by atoms with Crippen LogP contribution in [-0.2, 0) is 24.2 Å². The zero-order valence-electron chi connectivity index (χ0n) is 18.2. The van der Waals surface area contributed by atoms with Gasteiger partial charge in [-0.15, -0.1) is 11.3 Å². The lowest BCUT2D eigenvalue weighted by atomic mass is 9.97. The van der Waals surface area contributed by atoms with Crippen LogP contribution >= 0.6 is 22.9 Å². The minimum Gasteiger partial charge on any atom is -0.467 e. The number of aromatic nitrogens is 2. The molecule has 0 spiro atoms. The molecule has 0 N–H and O–H groups in total. The third-order valence-electron chi connectivity index (χ3n) is 6.46. The van der Waals surface area contributed by atoms with Gasteiger partial charge >= 0.3 is 0 Å². The van der Waals surface area contributed by atoms with Crippen molar-refractivity contribution >= 4 is 44.8 Å². The highest BCUT2D eigenvalue weighted by Crippen LogP contribution is 2.35. The van der Waals surface area contributed by atoms with Crippen molar-refractivity contribution in [3.8, 4) is 0 Å². The molecule has 1 aromatic carbocycles. The molecule has 1 atom stereocenters. The fourth-order valence-electron chi connectivity index (χ4n) is 4.77. The van der Waals surface area contributed by atoms with Crippen LogP contribution in [0.3, 0.4) is 0 Å². The van der Waals surface area contributed by atoms with E-state index < -0.39 is 0 Å². The van der Waals surface area contributed by atoms with E-state index in [0.717, 1.165) is 47.4 Å². The average Bonchev–Trinajstić information content (AvgIpc) is 3.59. The molecule has 7 nitrogen and oxygen atoms in total. The molecule has 1 unspecified atom stereocenters. The highest BCUT2D eigenvalue weighted by Gasteiger charge is 2.35. The number of rotatable bonds is 4. The number of halogens is 1. The highest BCUT2D eigenvalue weighted by molar-refractivity contribution is 7.18. The van der Waals surface area contributed by atoms with Gasteiger partial charge in [-0.1, -0.05) is 23.7 Å². The van der Waals surface area contributed by atoms with E-state index in [4.69, 9.17) is 16.0 Å². The van der Waals surface area contributed by atoms with Crippen molar-refractivity contribution in [1.29, 1.82) is 0 Å². The minimum absolute atomic E-state index is 0.138. The Morgan fingerprint density at radius 1 is 1.18 bits per heavy atom. The number of hydrazone groups is 1. The number of carbonyl (C=O) groups is 1. The number of hydrogen-bond acceptors (Lipinski definition) is 6. The van der Waals surface area contributed by atoms with E-state index in [2.05, 4.69) is 10.1 Å². The minimum atomic E-state index is -0.380. The summed E-state index contributed by atoms with van der Waals surface area (Å²) in [5.74, 6) is 0.353. The lowest BCUT2D eigenvalue weighted by Gasteiger charge is -2.20. The van der Waals surface area contributed by atoms with Crippen LogP contribution in [0.4, 0.5) is 0 Å². The first-order valence-electron chi connectivity index (χ1n) is 11.3. The molecule has 0 saturated heterocycles. The van der Waals surface area contributed by atoms with Gasteiger partial charge < -0.3 is 4.42 Å². The van der Waals surface area contributed by atoms with Crippen molar-refractivity contribution in [3.05, 3.63) is 86.1 Å². The molecule has 0 saturated carbocycles. The van der Waals surface area contributed by atoms with Crippen LogP contribution in [0.15, 0.2) is 63.3 Å². The van der Waals surface area contributed by atoms with E-state index in [1.54, 1.807) is 35.8 Å². The number of nitrogens with zero attached hydrogens (tertiary/aromatic N) is 4. The highest BCUT2D eigenvalue weighted by atomic mass is 35.5. The largest absolute Gasteiger partial charge is 0.467 e. The van der Waals surface area contributed by atoms with Gasteiger partial charge in [0.1, 0.15) is 23.2 Å². The predicted octanol–water partition coefficient (Wildman–Crippen LogP) is 4.96. The monoisotopic (exact) mass is 492 g/mol. The lowest BCUT2D eigenvalue weighted by molar-refractivity contribution is -0.134. The van der Waals surface area contributed by atoms with Gasteiger partial charge in [0, 0.05) is 16.3 Å². The maximum atomic E-state index is 13.4. The number of amides is 1. The standard InChI is InChI=1S/C25H21ClN4O3S/c26-16-9-7-15(8-10-16)18-12-19(20-5-3-11-33-20)30(28-18)22(31)13-29-14-27-24-23(25(29)32)17-4-1-2-6-21(17)34-24/h3,5,7-11,14,19H,1-2,4,6,12-13H2. The third kappa shape index (κ3) is 3.67. The fourth-order valence-corrected chi connectivity index (χ4v) is 6.12. The molecule has 0 radical (unpaired) electrons. The zero-order valence-corrected chi connectivity index (χ0v) is 19.8. The number of aryl methyl sites for hydroxylation is 2. The maximum absolute atomic E-state index is 13.4. The van der Waals surface area contributed by atoms with Crippen LogP contribution in [-0.4, -0.2) is 26.2 Å². The topological polar surface area (TPSA) is 80.7 Å². The summed E-state index contributed by atoms with van der Waals surface area (Å²) >= 11 is 7.63. The quantitative estimate of drug-likeness (QED) is 0.403. The second kappa shape index (κ2) is 8.52. The van der Waals surface area contributed by atoms with Crippen LogP contribution in [0.1, 0.15) is 47.1 Å². The Morgan fingerprint density at radius 3 is 2.79 bits per heavy atom. The summed E-state index contributed by atoms with van der Waals surface area (Å²) in [4.78, 5) is 33.3. The Morgan fingerprint density at radius 2 is 2.00 bits per heavy atom. The Hall–Kier alpha value is -3.23. The van der Waals surface area contributed by atoms with Crippen LogP contribution in [0.5, 0.6) is 0 Å². The molecule has 0 fully saturated rings. The third-order valence-corrected chi connectivity index (χ3v) is 7.91. The molecule has 6 rings (SSSR count). The van der Waals surface area contributed by atoms with Crippen LogP contribution in [0.2, 0.25) is 5.02 Å². The Bertz CT molecular complexity index is 1470. The summed E-state index contributed by atoms with van der Waals surface area (Å²) in [5, 5.41) is 7.38. The van der Waals surface area contributed by atoms with Gasteiger partial charge in [-0.25, -0.2) is 9.99 Å². The first-order valence-corrected chi connectivity index (χ1v) is 12.5. The zero-order chi connectivity index (χ0) is 23.2. The molecule has 34 heavy (non-hydrogen) atoms. The number of benzene rings is 1. The summed E-state index contributed by atoms with van der Waals surface area (Å²) in [7, 11) is 0. The number of furan rings is 1. The fraction of sp³-hybridized carbons (Fsp3) is 0.280. The van der Waals surface area contributed by atoms with E-state index in [1.165, 1.54) is 20.8 Å².